The van der Waals surface area contributed by atoms with E-state index in [0.29, 0.717) is 50.8 Å². The van der Waals surface area contributed by atoms with Crippen molar-refractivity contribution in [3.8, 4) is 11.5 Å². The highest BCUT2D eigenvalue weighted by Gasteiger charge is 2.15. The van der Waals surface area contributed by atoms with Crippen molar-refractivity contribution in [1.82, 2.24) is 5.48 Å². The molecule has 1 amide bonds. The summed E-state index contributed by atoms with van der Waals surface area (Å²) in [7, 11) is 3.00. The van der Waals surface area contributed by atoms with Gasteiger partial charge in [-0.2, -0.15) is 0 Å². The molecule has 204 valence electrons. The normalized spacial score (nSPS) is 11.3. The number of ether oxygens (including phenoxy) is 1. The zero-order valence-corrected chi connectivity index (χ0v) is 23.2. The van der Waals surface area contributed by atoms with Crippen molar-refractivity contribution in [3.63, 3.8) is 0 Å². The molecule has 0 aliphatic carbocycles. The minimum Gasteiger partial charge on any atom is -0.457 e. The number of nitrogens with zero attached hydrogens (tertiary/aromatic N) is 3. The number of carbonyl (C=O) groups excluding carboxylic acids is 1. The third-order valence-electron chi connectivity index (χ3n) is 5.20. The van der Waals surface area contributed by atoms with Crippen LogP contribution in [0.5, 0.6) is 11.5 Å². The van der Waals surface area contributed by atoms with E-state index in [-0.39, 0.29) is 12.5 Å². The number of carbonyl (C=O) groups is 1. The largest absolute Gasteiger partial charge is 0.457 e. The number of halogens is 2. The molecule has 3 rings (SSSR count). The first-order chi connectivity index (χ1) is 18.8. The molecule has 9 nitrogen and oxygen atoms in total. The fourth-order valence-corrected chi connectivity index (χ4v) is 3.57. The second kappa shape index (κ2) is 14.8. The Morgan fingerprint density at radius 1 is 1.05 bits per heavy atom. The van der Waals surface area contributed by atoms with Crippen molar-refractivity contribution in [2.75, 3.05) is 25.7 Å². The van der Waals surface area contributed by atoms with Crippen molar-refractivity contribution in [2.24, 2.45) is 10.3 Å². The molecule has 11 heteroatoms. The van der Waals surface area contributed by atoms with Crippen LogP contribution in [0.2, 0.25) is 10.0 Å². The first kappa shape index (κ1) is 29.5. The highest BCUT2D eigenvalue weighted by Crippen LogP contribution is 2.29. The van der Waals surface area contributed by atoms with Gasteiger partial charge in [0.25, 0.3) is 5.91 Å². The van der Waals surface area contributed by atoms with Gasteiger partial charge in [-0.1, -0.05) is 58.3 Å². The van der Waals surface area contributed by atoms with Crippen LogP contribution in [-0.4, -0.2) is 38.6 Å². The SMILES string of the molecule is C=C(NOCc1ccccc1N(C)C(=O)C=NOC)C(=NOCC)c1ccc(Oc2ccc(Cl)c(Cl)c2)cc1. The first-order valence-electron chi connectivity index (χ1n) is 11.8. The molecule has 0 bridgehead atoms. The summed E-state index contributed by atoms with van der Waals surface area (Å²) in [6.07, 6.45) is 1.09. The van der Waals surface area contributed by atoms with Gasteiger partial charge in [-0.25, -0.2) is 0 Å². The van der Waals surface area contributed by atoms with Gasteiger partial charge in [-0.15, -0.1) is 0 Å². The maximum atomic E-state index is 12.3. The Hall–Kier alpha value is -4.05. The molecule has 39 heavy (non-hydrogen) atoms. The molecule has 3 aromatic carbocycles. The van der Waals surface area contributed by atoms with Crippen LogP contribution in [0, 0.1) is 0 Å². The number of benzene rings is 3. The van der Waals surface area contributed by atoms with Gasteiger partial charge < -0.3 is 19.3 Å². The van der Waals surface area contributed by atoms with Crippen LogP contribution in [0.3, 0.4) is 0 Å². The van der Waals surface area contributed by atoms with E-state index in [1.165, 1.54) is 12.0 Å². The summed E-state index contributed by atoms with van der Waals surface area (Å²) in [5.74, 6) is 0.798. The van der Waals surface area contributed by atoms with Crippen LogP contribution in [0.1, 0.15) is 18.1 Å². The number of rotatable bonds is 13. The lowest BCUT2D eigenvalue weighted by Gasteiger charge is -2.19. The molecule has 0 saturated carbocycles. The van der Waals surface area contributed by atoms with E-state index < -0.39 is 0 Å². The lowest BCUT2D eigenvalue weighted by Crippen LogP contribution is -2.28. The summed E-state index contributed by atoms with van der Waals surface area (Å²) in [4.78, 5) is 29.4. The molecule has 0 aromatic heterocycles. The molecule has 0 aliphatic rings. The Kier molecular flexibility index (Phi) is 11.2. The third-order valence-corrected chi connectivity index (χ3v) is 5.94. The van der Waals surface area contributed by atoms with Gasteiger partial charge in [-0.3, -0.25) is 15.1 Å². The number of hydrogen-bond donors (Lipinski definition) is 1. The van der Waals surface area contributed by atoms with Gasteiger partial charge in [0.2, 0.25) is 0 Å². The van der Waals surface area contributed by atoms with E-state index in [2.05, 4.69) is 27.2 Å². The quantitative estimate of drug-likeness (QED) is 0.190. The van der Waals surface area contributed by atoms with E-state index in [1.807, 2.05) is 37.3 Å². The lowest BCUT2D eigenvalue weighted by molar-refractivity contribution is -0.112. The van der Waals surface area contributed by atoms with Crippen LogP contribution in [0.25, 0.3) is 0 Å². The second-order valence-corrected chi connectivity index (χ2v) is 8.69. The Bertz CT molecular complexity index is 1350. The molecule has 0 aliphatic heterocycles. The average molecular weight is 571 g/mol. The number of allylic oxidation sites excluding steroid dienone is 1. The summed E-state index contributed by atoms with van der Waals surface area (Å²) >= 11 is 12.0. The molecule has 1 N–H and O–H groups in total. The number of hydroxylamine groups is 1. The number of oxime groups is 2. The van der Waals surface area contributed by atoms with Gasteiger partial charge in [-0.05, 0) is 49.4 Å². The maximum Gasteiger partial charge on any atom is 0.272 e. The maximum absolute atomic E-state index is 12.3. The van der Waals surface area contributed by atoms with E-state index in [0.717, 1.165) is 11.8 Å². The number of amides is 1. The van der Waals surface area contributed by atoms with Crippen molar-refractivity contribution >= 4 is 46.7 Å². The second-order valence-electron chi connectivity index (χ2n) is 7.87. The average Bonchev–Trinajstić information content (AvgIpc) is 2.94. The third kappa shape index (κ3) is 8.47. The molecule has 0 fully saturated rings. The van der Waals surface area contributed by atoms with Gasteiger partial charge in [0.1, 0.15) is 43.7 Å². The van der Waals surface area contributed by atoms with Crippen LogP contribution < -0.4 is 15.1 Å². The summed E-state index contributed by atoms with van der Waals surface area (Å²) in [5, 5.41) is 8.57. The molecule has 0 unspecified atom stereocenters. The number of hydrogen-bond acceptors (Lipinski definition) is 8. The summed E-state index contributed by atoms with van der Waals surface area (Å²) in [6, 6.07) is 19.5. The molecule has 0 spiro atoms. The standard InChI is InChI=1S/C28H28Cl2N4O5/c1-5-37-33-28(20-10-12-22(13-11-20)39-23-14-15-24(29)25(30)16-23)19(2)32-38-18-21-8-6-7-9-26(21)34(3)27(35)17-31-36-4/h6-17,32H,2,5,18H2,1,3-4H3. The smallest absolute Gasteiger partial charge is 0.272 e. The predicted molar refractivity (Wildman–Crippen MR) is 154 cm³/mol. The Labute approximate surface area is 237 Å². The van der Waals surface area contributed by atoms with Crippen molar-refractivity contribution in [1.29, 1.82) is 0 Å². The summed E-state index contributed by atoms with van der Waals surface area (Å²) in [6.45, 7) is 6.37. The van der Waals surface area contributed by atoms with E-state index in [9.17, 15) is 4.79 Å². The van der Waals surface area contributed by atoms with E-state index in [4.69, 9.17) is 37.6 Å². The fraction of sp³-hybridized carbons (Fsp3) is 0.179. The van der Waals surface area contributed by atoms with Crippen LogP contribution in [0.4, 0.5) is 5.69 Å². The van der Waals surface area contributed by atoms with Crippen LogP contribution >= 0.6 is 23.2 Å². The number of nitrogens with one attached hydrogen (secondary N) is 1. The Morgan fingerprint density at radius 3 is 2.46 bits per heavy atom. The Balaban J connectivity index is 1.67. The zero-order valence-electron chi connectivity index (χ0n) is 21.7. The molecule has 0 atom stereocenters. The van der Waals surface area contributed by atoms with Crippen LogP contribution in [0.15, 0.2) is 89.3 Å². The van der Waals surface area contributed by atoms with Gasteiger partial charge in [0.05, 0.1) is 15.7 Å². The summed E-state index contributed by atoms with van der Waals surface area (Å²) in [5.41, 5.74) is 5.76. The molecule has 0 radical (unpaired) electrons. The lowest BCUT2D eigenvalue weighted by atomic mass is 10.1. The first-order valence-corrected chi connectivity index (χ1v) is 12.5. The van der Waals surface area contributed by atoms with Gasteiger partial charge >= 0.3 is 0 Å². The monoisotopic (exact) mass is 570 g/mol. The Morgan fingerprint density at radius 2 is 1.77 bits per heavy atom. The molecular weight excluding hydrogens is 543 g/mol. The molecule has 3 aromatic rings. The number of para-hydroxylation sites is 1. The topological polar surface area (TPSA) is 94.0 Å². The van der Waals surface area contributed by atoms with Crippen molar-refractivity contribution < 1.29 is 24.0 Å². The summed E-state index contributed by atoms with van der Waals surface area (Å²) < 4.78 is 5.85. The zero-order chi connectivity index (χ0) is 28.2. The highest BCUT2D eigenvalue weighted by atomic mass is 35.5. The van der Waals surface area contributed by atoms with Gasteiger partial charge in [0, 0.05) is 29.9 Å². The fourth-order valence-electron chi connectivity index (χ4n) is 3.28. The van der Waals surface area contributed by atoms with Crippen molar-refractivity contribution in [2.45, 2.75) is 13.5 Å². The minimum absolute atomic E-state index is 0.132. The van der Waals surface area contributed by atoms with Crippen LogP contribution in [-0.2, 0) is 25.9 Å². The van der Waals surface area contributed by atoms with Gasteiger partial charge in [0.15, 0.2) is 0 Å². The molecule has 0 heterocycles. The highest BCUT2D eigenvalue weighted by molar-refractivity contribution is 6.42. The molecule has 0 saturated heterocycles. The van der Waals surface area contributed by atoms with Crippen molar-refractivity contribution in [3.05, 3.63) is 100 Å². The predicted octanol–water partition coefficient (Wildman–Crippen LogP) is 6.36. The minimum atomic E-state index is -0.348. The molecular formula is C28H28Cl2N4O5. The number of anilines is 1. The van der Waals surface area contributed by atoms with E-state index >= 15 is 0 Å². The van der Waals surface area contributed by atoms with E-state index in [1.54, 1.807) is 43.4 Å².